The number of hydrogen-bond acceptors (Lipinski definition) is 8. The van der Waals surface area contributed by atoms with E-state index >= 15 is 0 Å². The normalized spacial score (nSPS) is 20.2. The van der Waals surface area contributed by atoms with Gasteiger partial charge in [-0.15, -0.1) is 0 Å². The number of ether oxygens (including phenoxy) is 1. The van der Waals surface area contributed by atoms with Crippen molar-refractivity contribution in [1.29, 1.82) is 5.26 Å². The number of nitriles is 1. The summed E-state index contributed by atoms with van der Waals surface area (Å²) in [6.07, 6.45) is 8.13. The first-order chi connectivity index (χ1) is 14.2. The fraction of sp³-hybridized carbons (Fsp3) is 0.476. The first-order valence-electron chi connectivity index (χ1n) is 10.1. The first kappa shape index (κ1) is 19.1. The van der Waals surface area contributed by atoms with Crippen molar-refractivity contribution in [3.05, 3.63) is 42.5 Å². The zero-order valence-electron chi connectivity index (χ0n) is 16.3. The molecule has 0 radical (unpaired) electrons. The quantitative estimate of drug-likeness (QED) is 0.731. The number of anilines is 2. The summed E-state index contributed by atoms with van der Waals surface area (Å²) in [4.78, 5) is 29.6. The number of hydrogen-bond donors (Lipinski definition) is 0. The van der Waals surface area contributed by atoms with Crippen molar-refractivity contribution < 1.29 is 9.53 Å². The lowest BCUT2D eigenvalue weighted by atomic mass is 9.96. The molecule has 2 aromatic rings. The highest BCUT2D eigenvalue weighted by atomic mass is 16.5. The Hall–Kier alpha value is -3.21. The molecule has 2 aromatic heterocycles. The Morgan fingerprint density at radius 2 is 1.93 bits per heavy atom. The number of piperidine rings is 2. The molecule has 0 saturated carbocycles. The maximum atomic E-state index is 12.7. The summed E-state index contributed by atoms with van der Waals surface area (Å²) in [6, 6.07) is 7.52. The van der Waals surface area contributed by atoms with Crippen molar-refractivity contribution in [3.63, 3.8) is 0 Å². The smallest absolute Gasteiger partial charge is 0.309 e. The van der Waals surface area contributed by atoms with Crippen molar-refractivity contribution in [2.24, 2.45) is 5.92 Å². The highest BCUT2D eigenvalue weighted by Gasteiger charge is 2.30. The van der Waals surface area contributed by atoms with Crippen LogP contribution in [-0.4, -0.2) is 53.2 Å². The number of esters is 1. The molecule has 8 heteroatoms. The molecular formula is C21H24N6O2. The van der Waals surface area contributed by atoms with E-state index in [-0.39, 0.29) is 18.0 Å². The van der Waals surface area contributed by atoms with Gasteiger partial charge in [0.25, 0.3) is 0 Å². The van der Waals surface area contributed by atoms with Gasteiger partial charge in [0.05, 0.1) is 24.1 Å². The lowest BCUT2D eigenvalue weighted by Gasteiger charge is -2.35. The number of carbonyl (C=O) groups is 1. The standard InChI is InChI=1S/C21H24N6O2/c22-13-16-3-8-24-20(12-16)27-9-1-2-18(14-27)29-21(28)17-5-10-26(11-6-17)19-4-7-23-15-25-19/h3-4,7-8,12,15,17-18H,1-2,5-6,9-11,14H2. The second kappa shape index (κ2) is 8.86. The van der Waals surface area contributed by atoms with Crippen molar-refractivity contribution in [1.82, 2.24) is 15.0 Å². The van der Waals surface area contributed by atoms with Gasteiger partial charge in [0.2, 0.25) is 0 Å². The molecule has 29 heavy (non-hydrogen) atoms. The van der Waals surface area contributed by atoms with E-state index < -0.39 is 0 Å². The third-order valence-corrected chi connectivity index (χ3v) is 5.58. The van der Waals surface area contributed by atoms with Gasteiger partial charge in [-0.05, 0) is 43.9 Å². The summed E-state index contributed by atoms with van der Waals surface area (Å²) in [5, 5.41) is 9.09. The Morgan fingerprint density at radius 1 is 1.07 bits per heavy atom. The summed E-state index contributed by atoms with van der Waals surface area (Å²) in [7, 11) is 0. The molecule has 2 aliphatic heterocycles. The highest BCUT2D eigenvalue weighted by Crippen LogP contribution is 2.25. The van der Waals surface area contributed by atoms with E-state index in [1.165, 1.54) is 0 Å². The zero-order valence-corrected chi connectivity index (χ0v) is 16.3. The molecule has 0 N–H and O–H groups in total. The predicted octanol–water partition coefficient (Wildman–Crippen LogP) is 2.17. The molecule has 1 unspecified atom stereocenters. The van der Waals surface area contributed by atoms with E-state index in [0.29, 0.717) is 12.1 Å². The van der Waals surface area contributed by atoms with Crippen LogP contribution in [0.4, 0.5) is 11.6 Å². The van der Waals surface area contributed by atoms with Gasteiger partial charge >= 0.3 is 5.97 Å². The molecule has 0 amide bonds. The number of rotatable bonds is 4. The van der Waals surface area contributed by atoms with E-state index in [1.807, 2.05) is 6.07 Å². The molecule has 8 nitrogen and oxygen atoms in total. The summed E-state index contributed by atoms with van der Waals surface area (Å²) < 4.78 is 5.86. The summed E-state index contributed by atoms with van der Waals surface area (Å²) in [6.45, 7) is 3.05. The average molecular weight is 392 g/mol. The topological polar surface area (TPSA) is 95.2 Å². The number of aromatic nitrogens is 3. The van der Waals surface area contributed by atoms with E-state index in [0.717, 1.165) is 57.0 Å². The second-order valence-electron chi connectivity index (χ2n) is 7.49. The maximum absolute atomic E-state index is 12.7. The van der Waals surface area contributed by atoms with E-state index in [9.17, 15) is 4.79 Å². The van der Waals surface area contributed by atoms with E-state index in [2.05, 4.69) is 30.8 Å². The average Bonchev–Trinajstić information content (AvgIpc) is 2.80. The minimum atomic E-state index is -0.135. The zero-order chi connectivity index (χ0) is 20.1. The van der Waals surface area contributed by atoms with E-state index in [1.54, 1.807) is 30.9 Å². The monoisotopic (exact) mass is 392 g/mol. The molecule has 2 aliphatic rings. The van der Waals surface area contributed by atoms with Crippen LogP contribution in [0.25, 0.3) is 0 Å². The van der Waals surface area contributed by atoms with E-state index in [4.69, 9.17) is 10.00 Å². The molecule has 0 aromatic carbocycles. The molecular weight excluding hydrogens is 368 g/mol. The molecule has 2 fully saturated rings. The number of nitrogens with zero attached hydrogens (tertiary/aromatic N) is 6. The lowest BCUT2D eigenvalue weighted by Crippen LogP contribution is -2.43. The Morgan fingerprint density at radius 3 is 2.69 bits per heavy atom. The Kier molecular flexibility index (Phi) is 5.84. The fourth-order valence-corrected chi connectivity index (χ4v) is 3.98. The second-order valence-corrected chi connectivity index (χ2v) is 7.49. The molecule has 1 atom stereocenters. The Labute approximate surface area is 170 Å². The molecule has 0 spiro atoms. The summed E-state index contributed by atoms with van der Waals surface area (Å²) >= 11 is 0. The van der Waals surface area contributed by atoms with Crippen LogP contribution in [0.3, 0.4) is 0 Å². The lowest BCUT2D eigenvalue weighted by molar-refractivity contribution is -0.155. The van der Waals surface area contributed by atoms with Crippen LogP contribution in [-0.2, 0) is 9.53 Å². The number of carbonyl (C=O) groups excluding carboxylic acids is 1. The van der Waals surface area contributed by atoms with Gasteiger partial charge in [-0.2, -0.15) is 5.26 Å². The largest absolute Gasteiger partial charge is 0.460 e. The fourth-order valence-electron chi connectivity index (χ4n) is 3.98. The Balaban J connectivity index is 1.30. The molecule has 2 saturated heterocycles. The highest BCUT2D eigenvalue weighted by molar-refractivity contribution is 5.73. The van der Waals surface area contributed by atoms with Gasteiger partial charge in [0.1, 0.15) is 24.1 Å². The molecule has 0 aliphatic carbocycles. The van der Waals surface area contributed by atoms with Crippen LogP contribution in [0, 0.1) is 17.2 Å². The first-order valence-corrected chi connectivity index (χ1v) is 10.1. The van der Waals surface area contributed by atoms with Crippen molar-refractivity contribution in [2.45, 2.75) is 31.8 Å². The van der Waals surface area contributed by atoms with Crippen LogP contribution in [0.1, 0.15) is 31.2 Å². The predicted molar refractivity (Wildman–Crippen MR) is 107 cm³/mol. The molecule has 4 heterocycles. The maximum Gasteiger partial charge on any atom is 0.309 e. The van der Waals surface area contributed by atoms with Crippen LogP contribution < -0.4 is 9.80 Å². The van der Waals surface area contributed by atoms with Gasteiger partial charge in [0, 0.05) is 32.0 Å². The molecule has 4 rings (SSSR count). The molecule has 0 bridgehead atoms. The van der Waals surface area contributed by atoms with Gasteiger partial charge in [-0.1, -0.05) is 0 Å². The van der Waals surface area contributed by atoms with Crippen molar-refractivity contribution >= 4 is 17.6 Å². The van der Waals surface area contributed by atoms with Crippen LogP contribution in [0.15, 0.2) is 36.9 Å². The van der Waals surface area contributed by atoms with Gasteiger partial charge in [-0.25, -0.2) is 15.0 Å². The van der Waals surface area contributed by atoms with Crippen LogP contribution in [0.2, 0.25) is 0 Å². The minimum Gasteiger partial charge on any atom is -0.460 e. The van der Waals surface area contributed by atoms with Gasteiger partial charge in [-0.3, -0.25) is 4.79 Å². The third-order valence-electron chi connectivity index (χ3n) is 5.58. The third kappa shape index (κ3) is 4.62. The van der Waals surface area contributed by atoms with Gasteiger partial charge in [0.15, 0.2) is 0 Å². The summed E-state index contributed by atoms with van der Waals surface area (Å²) in [5.74, 6) is 1.51. The van der Waals surface area contributed by atoms with Crippen LogP contribution >= 0.6 is 0 Å². The molecule has 150 valence electrons. The summed E-state index contributed by atoms with van der Waals surface area (Å²) in [5.41, 5.74) is 0.588. The van der Waals surface area contributed by atoms with Crippen molar-refractivity contribution in [3.8, 4) is 6.07 Å². The van der Waals surface area contributed by atoms with Crippen LogP contribution in [0.5, 0.6) is 0 Å². The minimum absolute atomic E-state index is 0.0662. The Bertz CT molecular complexity index is 876. The van der Waals surface area contributed by atoms with Crippen molar-refractivity contribution in [2.75, 3.05) is 36.0 Å². The van der Waals surface area contributed by atoms with Gasteiger partial charge < -0.3 is 14.5 Å². The number of pyridine rings is 1. The SMILES string of the molecule is N#Cc1ccnc(N2CCCC(OC(=O)C3CCN(c4ccncn4)CC3)C2)c1.